The Morgan fingerprint density at radius 3 is 2.65 bits per heavy atom. The van der Waals surface area contributed by atoms with Gasteiger partial charge in [0.05, 0.1) is 0 Å². The number of hydrogen-bond acceptors (Lipinski definition) is 7. The van der Waals surface area contributed by atoms with E-state index in [0.717, 1.165) is 6.07 Å². The van der Waals surface area contributed by atoms with Crippen molar-refractivity contribution in [2.24, 2.45) is 10.7 Å². The highest BCUT2D eigenvalue weighted by Crippen LogP contribution is 2.27. The van der Waals surface area contributed by atoms with E-state index in [-0.39, 0.29) is 23.3 Å². The van der Waals surface area contributed by atoms with E-state index in [4.69, 9.17) is 20.3 Å². The normalized spacial score (nSPS) is 13.6. The fourth-order valence-corrected chi connectivity index (χ4v) is 2.02. The van der Waals surface area contributed by atoms with Crippen molar-refractivity contribution in [2.45, 2.75) is 19.1 Å². The number of ether oxygens (including phenoxy) is 2. The number of carboxylic acids is 1. The van der Waals surface area contributed by atoms with Crippen molar-refractivity contribution in [3.63, 3.8) is 0 Å². The summed E-state index contributed by atoms with van der Waals surface area (Å²) >= 11 is 0. The average Bonchev–Trinajstić information content (AvgIpc) is 2.54. The SMILES string of the molecule is CO[C@@H](c1oc(C(=O)O)c/c(=N/C(N)=[NH2+])c1NC(C)=O)[C@H](O)COC=O. The Labute approximate surface area is 146 Å². The van der Waals surface area contributed by atoms with Crippen molar-refractivity contribution >= 4 is 30.0 Å². The van der Waals surface area contributed by atoms with Crippen LogP contribution >= 0.6 is 0 Å². The molecule has 0 unspecified atom stereocenters. The van der Waals surface area contributed by atoms with Gasteiger partial charge < -0.3 is 29.4 Å². The monoisotopic (exact) mass is 371 g/mol. The number of amides is 1. The minimum Gasteiger partial charge on any atom is -0.475 e. The van der Waals surface area contributed by atoms with Crippen LogP contribution in [-0.4, -0.2) is 54.3 Å². The van der Waals surface area contributed by atoms with Crippen LogP contribution in [0.2, 0.25) is 0 Å². The highest BCUT2D eigenvalue weighted by Gasteiger charge is 2.30. The zero-order valence-electron chi connectivity index (χ0n) is 14.0. The maximum atomic E-state index is 11.5. The molecule has 0 radical (unpaired) electrons. The van der Waals surface area contributed by atoms with Crippen molar-refractivity contribution in [3.05, 3.63) is 22.9 Å². The minimum atomic E-state index is -1.46. The van der Waals surface area contributed by atoms with Gasteiger partial charge in [0.25, 0.3) is 6.47 Å². The van der Waals surface area contributed by atoms with Crippen LogP contribution in [0.4, 0.5) is 5.69 Å². The van der Waals surface area contributed by atoms with Gasteiger partial charge in [0, 0.05) is 20.1 Å². The van der Waals surface area contributed by atoms with Crippen LogP contribution in [0.15, 0.2) is 15.5 Å². The lowest BCUT2D eigenvalue weighted by Gasteiger charge is -2.22. The van der Waals surface area contributed by atoms with Crippen molar-refractivity contribution in [3.8, 4) is 0 Å². The summed E-state index contributed by atoms with van der Waals surface area (Å²) in [7, 11) is 1.19. The molecule has 12 nitrogen and oxygen atoms in total. The van der Waals surface area contributed by atoms with Gasteiger partial charge in [0.2, 0.25) is 11.7 Å². The quantitative estimate of drug-likeness (QED) is 0.181. The van der Waals surface area contributed by atoms with Crippen molar-refractivity contribution < 1.29 is 43.9 Å². The number of anilines is 1. The molecular weight excluding hydrogens is 352 g/mol. The smallest absolute Gasteiger partial charge is 0.380 e. The molecule has 0 aliphatic heterocycles. The molecule has 0 fully saturated rings. The Morgan fingerprint density at radius 2 is 2.19 bits per heavy atom. The van der Waals surface area contributed by atoms with Crippen LogP contribution in [0.5, 0.6) is 0 Å². The topological polar surface area (TPSA) is 199 Å². The number of nitrogens with one attached hydrogen (secondary N) is 1. The summed E-state index contributed by atoms with van der Waals surface area (Å²) in [5.74, 6) is -3.29. The molecule has 142 valence electrons. The van der Waals surface area contributed by atoms with E-state index >= 15 is 0 Å². The Kier molecular flexibility index (Phi) is 7.43. The van der Waals surface area contributed by atoms with Crippen LogP contribution in [0.25, 0.3) is 0 Å². The lowest BCUT2D eigenvalue weighted by atomic mass is 10.1. The fraction of sp³-hybridized carbons (Fsp3) is 0.357. The summed E-state index contributed by atoms with van der Waals surface area (Å²) in [4.78, 5) is 36.9. The molecule has 0 spiro atoms. The predicted molar refractivity (Wildman–Crippen MR) is 84.4 cm³/mol. The second kappa shape index (κ2) is 9.29. The van der Waals surface area contributed by atoms with E-state index in [1.54, 1.807) is 0 Å². The number of hydrogen-bond donors (Lipinski definition) is 5. The minimum absolute atomic E-state index is 0.111. The van der Waals surface area contributed by atoms with E-state index in [2.05, 4.69) is 15.0 Å². The summed E-state index contributed by atoms with van der Waals surface area (Å²) in [6.07, 6.45) is -2.76. The zero-order valence-corrected chi connectivity index (χ0v) is 14.0. The van der Waals surface area contributed by atoms with Gasteiger partial charge in [0.1, 0.15) is 24.5 Å². The van der Waals surface area contributed by atoms with Crippen LogP contribution in [0.3, 0.4) is 0 Å². The fourth-order valence-electron chi connectivity index (χ4n) is 2.02. The van der Waals surface area contributed by atoms with Crippen molar-refractivity contribution in [2.75, 3.05) is 19.0 Å². The largest absolute Gasteiger partial charge is 0.475 e. The van der Waals surface area contributed by atoms with E-state index in [9.17, 15) is 24.6 Å². The van der Waals surface area contributed by atoms with E-state index in [0.29, 0.717) is 0 Å². The van der Waals surface area contributed by atoms with Gasteiger partial charge in [-0.25, -0.2) is 4.79 Å². The number of methoxy groups -OCH3 is 1. The zero-order chi connectivity index (χ0) is 19.9. The van der Waals surface area contributed by atoms with Gasteiger partial charge >= 0.3 is 11.9 Å². The molecule has 0 aliphatic rings. The number of aliphatic hydroxyl groups excluding tert-OH is 1. The summed E-state index contributed by atoms with van der Waals surface area (Å²) in [5.41, 5.74) is 5.21. The van der Waals surface area contributed by atoms with Gasteiger partial charge in [-0.2, -0.15) is 0 Å². The number of carbonyl (C=O) groups excluding carboxylic acids is 2. The first-order chi connectivity index (χ1) is 12.2. The van der Waals surface area contributed by atoms with Crippen molar-refractivity contribution in [1.29, 1.82) is 0 Å². The van der Waals surface area contributed by atoms with E-state index in [1.807, 2.05) is 0 Å². The summed E-state index contributed by atoms with van der Waals surface area (Å²) in [5, 5.41) is 26.9. The highest BCUT2D eigenvalue weighted by atomic mass is 16.5. The van der Waals surface area contributed by atoms with Crippen LogP contribution in [-0.2, 0) is 19.1 Å². The molecule has 12 heteroatoms. The standard InChI is InChI=1S/C14H18N4O8/c1-6(20)17-10-7(18-14(15)16)3-9(13(22)23)26-12(10)11(24-2)8(21)4-25-5-19/h3,5,8,11,21H,4H2,1-2H3,(H3,15,16)(H,17,20)(H,22,23)/p+1/b18-7-/t8-,11-/m1/s1. The molecule has 1 aromatic heterocycles. The molecule has 1 rings (SSSR count). The van der Waals surface area contributed by atoms with Gasteiger partial charge in [-0.1, -0.05) is 4.99 Å². The number of aromatic carboxylic acids is 1. The number of carboxylic acid groups (broad SMARTS) is 1. The van der Waals surface area contributed by atoms with Crippen molar-refractivity contribution in [1.82, 2.24) is 0 Å². The molecule has 1 heterocycles. The molecule has 2 atom stereocenters. The van der Waals surface area contributed by atoms with Gasteiger partial charge in [-0.05, 0) is 0 Å². The maximum Gasteiger partial charge on any atom is 0.380 e. The van der Waals surface area contributed by atoms with E-state index < -0.39 is 42.4 Å². The summed E-state index contributed by atoms with van der Waals surface area (Å²) in [6, 6.07) is 0.984. The van der Waals surface area contributed by atoms with E-state index in [1.165, 1.54) is 14.0 Å². The lowest BCUT2D eigenvalue weighted by molar-refractivity contribution is -0.135. The number of nitrogens with two attached hydrogens (primary N) is 2. The first-order valence-corrected chi connectivity index (χ1v) is 7.08. The third kappa shape index (κ3) is 5.39. The molecule has 0 aliphatic carbocycles. The van der Waals surface area contributed by atoms with Gasteiger partial charge in [-0.3, -0.25) is 20.7 Å². The molecule has 0 aromatic carbocycles. The van der Waals surface area contributed by atoms with Crippen LogP contribution in [0, 0.1) is 0 Å². The molecule has 0 saturated carbocycles. The second-order valence-electron chi connectivity index (χ2n) is 4.91. The Balaban J connectivity index is 3.70. The van der Waals surface area contributed by atoms with Gasteiger partial charge in [-0.15, -0.1) is 0 Å². The molecule has 1 amide bonds. The Hall–Kier alpha value is -3.25. The molecule has 1 aromatic rings. The molecular formula is C14H19N4O8+. The third-order valence-electron chi connectivity index (χ3n) is 2.95. The molecule has 0 saturated heterocycles. The van der Waals surface area contributed by atoms with Crippen LogP contribution in [0.1, 0.15) is 29.3 Å². The highest BCUT2D eigenvalue weighted by molar-refractivity contribution is 5.90. The molecule has 7 N–H and O–H groups in total. The number of nitrogens with zero attached hydrogens (tertiary/aromatic N) is 1. The number of carbonyl (C=O) groups is 3. The molecule has 0 bridgehead atoms. The predicted octanol–water partition coefficient (Wildman–Crippen LogP) is -2.87. The Morgan fingerprint density at radius 1 is 1.54 bits per heavy atom. The first-order valence-electron chi connectivity index (χ1n) is 7.08. The number of aliphatic hydroxyl groups is 1. The summed E-state index contributed by atoms with van der Waals surface area (Å²) in [6.45, 7) is 0.814. The third-order valence-corrected chi connectivity index (χ3v) is 2.95. The maximum absolute atomic E-state index is 11.5. The lowest BCUT2D eigenvalue weighted by Crippen LogP contribution is -2.45. The van der Waals surface area contributed by atoms with Crippen LogP contribution < -0.4 is 21.8 Å². The molecule has 26 heavy (non-hydrogen) atoms. The average molecular weight is 371 g/mol. The number of rotatable bonds is 8. The first kappa shape index (κ1) is 20.8. The number of guanidine groups is 1. The summed E-state index contributed by atoms with van der Waals surface area (Å²) < 4.78 is 14.8. The second-order valence-corrected chi connectivity index (χ2v) is 4.91. The van der Waals surface area contributed by atoms with Gasteiger partial charge in [0.15, 0.2) is 11.1 Å². The Bertz CT molecular complexity index is 773.